The van der Waals surface area contributed by atoms with Gasteiger partial charge in [0.2, 0.25) is 0 Å². The molecule has 0 aliphatic heterocycles. The SMILES string of the molecule is CNC(C)(C)c1cncn1Cc1ccccc1[N+](=O)[O-]. The van der Waals surface area contributed by atoms with Gasteiger partial charge in [0.25, 0.3) is 5.69 Å². The molecule has 0 spiro atoms. The molecule has 0 aliphatic rings. The van der Waals surface area contributed by atoms with Crippen LogP contribution in [0.2, 0.25) is 0 Å². The van der Waals surface area contributed by atoms with E-state index in [1.54, 1.807) is 24.7 Å². The molecule has 1 heterocycles. The van der Waals surface area contributed by atoms with Crippen molar-refractivity contribution in [2.24, 2.45) is 0 Å². The Labute approximate surface area is 117 Å². The van der Waals surface area contributed by atoms with Crippen LogP contribution < -0.4 is 5.32 Å². The Morgan fingerprint density at radius 3 is 2.75 bits per heavy atom. The lowest BCUT2D eigenvalue weighted by Gasteiger charge is -2.25. The van der Waals surface area contributed by atoms with Gasteiger partial charge in [-0.05, 0) is 20.9 Å². The van der Waals surface area contributed by atoms with Gasteiger partial charge in [-0.1, -0.05) is 18.2 Å². The maximum absolute atomic E-state index is 11.1. The molecule has 106 valence electrons. The molecule has 1 aromatic heterocycles. The van der Waals surface area contributed by atoms with Crippen molar-refractivity contribution in [3.8, 4) is 0 Å². The van der Waals surface area contributed by atoms with Crippen molar-refractivity contribution < 1.29 is 4.92 Å². The fourth-order valence-electron chi connectivity index (χ4n) is 2.10. The topological polar surface area (TPSA) is 73.0 Å². The van der Waals surface area contributed by atoms with Crippen molar-refractivity contribution in [2.45, 2.75) is 25.9 Å². The molecule has 2 aromatic rings. The third kappa shape index (κ3) is 2.70. The summed E-state index contributed by atoms with van der Waals surface area (Å²) < 4.78 is 1.93. The van der Waals surface area contributed by atoms with Crippen LogP contribution in [0.25, 0.3) is 0 Å². The minimum absolute atomic E-state index is 0.134. The van der Waals surface area contributed by atoms with Crippen LogP contribution in [0.4, 0.5) is 5.69 Å². The molecule has 20 heavy (non-hydrogen) atoms. The monoisotopic (exact) mass is 274 g/mol. The van der Waals surface area contributed by atoms with Crippen LogP contribution in [-0.2, 0) is 12.1 Å². The molecule has 0 amide bonds. The molecule has 2 rings (SSSR count). The maximum atomic E-state index is 11.1. The maximum Gasteiger partial charge on any atom is 0.274 e. The first-order valence-corrected chi connectivity index (χ1v) is 6.37. The second-order valence-electron chi connectivity index (χ2n) is 5.17. The van der Waals surface area contributed by atoms with E-state index in [-0.39, 0.29) is 16.1 Å². The highest BCUT2D eigenvalue weighted by molar-refractivity contribution is 5.40. The van der Waals surface area contributed by atoms with E-state index in [0.717, 1.165) is 5.69 Å². The predicted molar refractivity (Wildman–Crippen MR) is 76.5 cm³/mol. The molecule has 0 saturated heterocycles. The summed E-state index contributed by atoms with van der Waals surface area (Å²) in [4.78, 5) is 14.9. The van der Waals surface area contributed by atoms with Crippen LogP contribution in [0, 0.1) is 10.1 Å². The van der Waals surface area contributed by atoms with Gasteiger partial charge < -0.3 is 9.88 Å². The molecular weight excluding hydrogens is 256 g/mol. The van der Waals surface area contributed by atoms with E-state index in [1.807, 2.05) is 31.5 Å². The van der Waals surface area contributed by atoms with Gasteiger partial charge in [-0.15, -0.1) is 0 Å². The van der Waals surface area contributed by atoms with Crippen molar-refractivity contribution in [2.75, 3.05) is 7.05 Å². The van der Waals surface area contributed by atoms with Gasteiger partial charge in [0, 0.05) is 11.6 Å². The summed E-state index contributed by atoms with van der Waals surface area (Å²) in [6.07, 6.45) is 3.48. The molecule has 6 nitrogen and oxygen atoms in total. The Hall–Kier alpha value is -2.21. The third-order valence-corrected chi connectivity index (χ3v) is 3.51. The molecule has 0 fully saturated rings. The fourth-order valence-corrected chi connectivity index (χ4v) is 2.10. The van der Waals surface area contributed by atoms with Gasteiger partial charge in [-0.25, -0.2) is 4.98 Å². The number of imidazole rings is 1. The average Bonchev–Trinajstić information content (AvgIpc) is 2.88. The Bertz CT molecular complexity index is 619. The Balaban J connectivity index is 2.37. The van der Waals surface area contributed by atoms with Gasteiger partial charge in [-0.2, -0.15) is 0 Å². The van der Waals surface area contributed by atoms with Crippen molar-refractivity contribution in [3.05, 3.63) is 58.2 Å². The summed E-state index contributed by atoms with van der Waals surface area (Å²) in [5.41, 5.74) is 1.54. The average molecular weight is 274 g/mol. The highest BCUT2D eigenvalue weighted by atomic mass is 16.6. The molecular formula is C14H18N4O2. The van der Waals surface area contributed by atoms with Crippen LogP contribution >= 0.6 is 0 Å². The van der Waals surface area contributed by atoms with Crippen molar-refractivity contribution in [3.63, 3.8) is 0 Å². The van der Waals surface area contributed by atoms with E-state index in [9.17, 15) is 10.1 Å². The summed E-state index contributed by atoms with van der Waals surface area (Å²) in [6, 6.07) is 6.78. The molecule has 0 unspecified atom stereocenters. The summed E-state index contributed by atoms with van der Waals surface area (Å²) >= 11 is 0. The zero-order valence-corrected chi connectivity index (χ0v) is 11.8. The number of nitro benzene ring substituents is 1. The van der Waals surface area contributed by atoms with E-state index in [0.29, 0.717) is 12.1 Å². The number of rotatable bonds is 5. The second-order valence-corrected chi connectivity index (χ2v) is 5.17. The number of hydrogen-bond acceptors (Lipinski definition) is 4. The van der Waals surface area contributed by atoms with Crippen molar-refractivity contribution in [1.29, 1.82) is 0 Å². The predicted octanol–water partition coefficient (Wildman–Crippen LogP) is 2.29. The molecule has 0 saturated carbocycles. The van der Waals surface area contributed by atoms with Crippen molar-refractivity contribution in [1.82, 2.24) is 14.9 Å². The number of nitrogens with one attached hydrogen (secondary N) is 1. The highest BCUT2D eigenvalue weighted by Gasteiger charge is 2.23. The lowest BCUT2D eigenvalue weighted by atomic mass is 10.0. The van der Waals surface area contributed by atoms with Crippen LogP contribution in [0.15, 0.2) is 36.8 Å². The van der Waals surface area contributed by atoms with Crippen LogP contribution in [0.3, 0.4) is 0 Å². The normalized spacial score (nSPS) is 11.6. The first kappa shape index (κ1) is 14.2. The summed E-state index contributed by atoms with van der Waals surface area (Å²) in [6.45, 7) is 4.51. The highest BCUT2D eigenvalue weighted by Crippen LogP contribution is 2.23. The number of para-hydroxylation sites is 1. The number of nitrogens with zero attached hydrogens (tertiary/aromatic N) is 3. The molecule has 0 aliphatic carbocycles. The first-order chi connectivity index (χ1) is 9.45. The van der Waals surface area contributed by atoms with Gasteiger partial charge in [0.1, 0.15) is 0 Å². The lowest BCUT2D eigenvalue weighted by Crippen LogP contribution is -2.35. The van der Waals surface area contributed by atoms with Crippen LogP contribution in [-0.4, -0.2) is 21.5 Å². The molecule has 0 atom stereocenters. The zero-order chi connectivity index (χ0) is 14.8. The van der Waals surface area contributed by atoms with Crippen molar-refractivity contribution >= 4 is 5.69 Å². The molecule has 0 radical (unpaired) electrons. The minimum atomic E-state index is -0.352. The fraction of sp³-hybridized carbons (Fsp3) is 0.357. The van der Waals surface area contributed by atoms with E-state index >= 15 is 0 Å². The first-order valence-electron chi connectivity index (χ1n) is 6.37. The van der Waals surface area contributed by atoms with E-state index < -0.39 is 0 Å². The number of hydrogen-bond donors (Lipinski definition) is 1. The number of benzene rings is 1. The number of aromatic nitrogens is 2. The van der Waals surface area contributed by atoms with Crippen LogP contribution in [0.5, 0.6) is 0 Å². The Kier molecular flexibility index (Phi) is 3.85. The molecule has 6 heteroatoms. The second kappa shape index (κ2) is 5.42. The van der Waals surface area contributed by atoms with Crippen LogP contribution in [0.1, 0.15) is 25.1 Å². The number of nitro groups is 1. The third-order valence-electron chi connectivity index (χ3n) is 3.51. The van der Waals surface area contributed by atoms with Gasteiger partial charge in [0.05, 0.1) is 35.2 Å². The summed E-state index contributed by atoms with van der Waals surface area (Å²) in [7, 11) is 1.88. The molecule has 1 N–H and O–H groups in total. The zero-order valence-electron chi connectivity index (χ0n) is 11.8. The standard InChI is InChI=1S/C14H18N4O2/c1-14(2,15-3)13-8-16-10-17(13)9-11-6-4-5-7-12(11)18(19)20/h4-8,10,15H,9H2,1-3H3. The Morgan fingerprint density at radius 2 is 2.10 bits per heavy atom. The smallest absolute Gasteiger partial charge is 0.274 e. The van der Waals surface area contributed by atoms with Gasteiger partial charge in [-0.3, -0.25) is 10.1 Å². The largest absolute Gasteiger partial charge is 0.328 e. The van der Waals surface area contributed by atoms with E-state index in [4.69, 9.17) is 0 Å². The quantitative estimate of drug-likeness (QED) is 0.670. The minimum Gasteiger partial charge on any atom is -0.328 e. The van der Waals surface area contributed by atoms with E-state index in [2.05, 4.69) is 10.3 Å². The molecule has 0 bridgehead atoms. The Morgan fingerprint density at radius 1 is 1.40 bits per heavy atom. The van der Waals surface area contributed by atoms with E-state index in [1.165, 1.54) is 6.07 Å². The van der Waals surface area contributed by atoms with Gasteiger partial charge >= 0.3 is 0 Å². The lowest BCUT2D eigenvalue weighted by molar-refractivity contribution is -0.385. The summed E-state index contributed by atoms with van der Waals surface area (Å²) in [5.74, 6) is 0. The molecule has 1 aromatic carbocycles. The van der Waals surface area contributed by atoms with Gasteiger partial charge in [0.15, 0.2) is 0 Å². The summed E-state index contributed by atoms with van der Waals surface area (Å²) in [5, 5.41) is 14.3.